The highest BCUT2D eigenvalue weighted by Crippen LogP contribution is 2.15. The van der Waals surface area contributed by atoms with E-state index in [0.717, 1.165) is 18.4 Å². The molecule has 1 aromatic carbocycles. The summed E-state index contributed by atoms with van der Waals surface area (Å²) in [6, 6.07) is 7.40. The van der Waals surface area contributed by atoms with E-state index in [1.165, 1.54) is 0 Å². The molecule has 0 spiro atoms. The van der Waals surface area contributed by atoms with Gasteiger partial charge in [-0.3, -0.25) is 0 Å². The lowest BCUT2D eigenvalue weighted by molar-refractivity contribution is -0.155. The van der Waals surface area contributed by atoms with E-state index in [4.69, 9.17) is 14.2 Å². The number of hydrogen-bond donors (Lipinski definition) is 0. The zero-order chi connectivity index (χ0) is 13.5. The lowest BCUT2D eigenvalue weighted by atomic mass is 10.2. The molecule has 1 aliphatic heterocycles. The van der Waals surface area contributed by atoms with Crippen LogP contribution in [0.2, 0.25) is 0 Å². The molecule has 0 amide bonds. The standard InChI is InChI=1S/C15H18O4/c1-2-12-4-3-5-14(10-12)18-11-15(16)19-13-6-8-17-9-7-13/h2-5,10,13H,1,6-9,11H2. The third kappa shape index (κ3) is 4.41. The Morgan fingerprint density at radius 3 is 2.95 bits per heavy atom. The second-order valence-corrected chi connectivity index (χ2v) is 4.37. The van der Waals surface area contributed by atoms with Gasteiger partial charge in [-0.05, 0) is 17.7 Å². The van der Waals surface area contributed by atoms with Gasteiger partial charge in [-0.1, -0.05) is 24.8 Å². The monoisotopic (exact) mass is 262 g/mol. The van der Waals surface area contributed by atoms with Crippen molar-refractivity contribution in [2.24, 2.45) is 0 Å². The maximum absolute atomic E-state index is 11.6. The van der Waals surface area contributed by atoms with E-state index in [0.29, 0.717) is 19.0 Å². The van der Waals surface area contributed by atoms with Gasteiger partial charge in [-0.2, -0.15) is 0 Å². The lowest BCUT2D eigenvalue weighted by Crippen LogP contribution is -2.28. The first-order chi connectivity index (χ1) is 9.28. The zero-order valence-corrected chi connectivity index (χ0v) is 10.8. The summed E-state index contributed by atoms with van der Waals surface area (Å²) in [6.07, 6.45) is 3.21. The van der Waals surface area contributed by atoms with Crippen LogP contribution >= 0.6 is 0 Å². The van der Waals surface area contributed by atoms with Crippen molar-refractivity contribution in [1.82, 2.24) is 0 Å². The van der Waals surface area contributed by atoms with Gasteiger partial charge >= 0.3 is 5.97 Å². The summed E-state index contributed by atoms with van der Waals surface area (Å²) in [4.78, 5) is 11.6. The number of carbonyl (C=O) groups is 1. The summed E-state index contributed by atoms with van der Waals surface area (Å²) in [6.45, 7) is 4.92. The topological polar surface area (TPSA) is 44.8 Å². The van der Waals surface area contributed by atoms with E-state index in [-0.39, 0.29) is 18.7 Å². The average Bonchev–Trinajstić information content (AvgIpc) is 2.46. The van der Waals surface area contributed by atoms with E-state index >= 15 is 0 Å². The molecule has 0 aromatic heterocycles. The van der Waals surface area contributed by atoms with E-state index in [1.807, 2.05) is 18.2 Å². The van der Waals surface area contributed by atoms with Gasteiger partial charge in [0.2, 0.25) is 0 Å². The van der Waals surface area contributed by atoms with Gasteiger partial charge in [0.15, 0.2) is 6.61 Å². The molecule has 4 heteroatoms. The van der Waals surface area contributed by atoms with Crippen LogP contribution in [0, 0.1) is 0 Å². The van der Waals surface area contributed by atoms with Crippen molar-refractivity contribution >= 4 is 12.0 Å². The third-order valence-electron chi connectivity index (χ3n) is 2.92. The van der Waals surface area contributed by atoms with Crippen molar-refractivity contribution in [3.63, 3.8) is 0 Å². The Bertz CT molecular complexity index is 436. The van der Waals surface area contributed by atoms with Gasteiger partial charge in [0, 0.05) is 12.8 Å². The minimum Gasteiger partial charge on any atom is -0.482 e. The summed E-state index contributed by atoms with van der Waals surface area (Å²) in [7, 11) is 0. The molecule has 1 heterocycles. The van der Waals surface area contributed by atoms with E-state index in [9.17, 15) is 4.79 Å². The van der Waals surface area contributed by atoms with Crippen molar-refractivity contribution in [3.8, 4) is 5.75 Å². The van der Waals surface area contributed by atoms with Crippen LogP contribution in [-0.2, 0) is 14.3 Å². The van der Waals surface area contributed by atoms with Gasteiger partial charge in [-0.15, -0.1) is 0 Å². The predicted octanol–water partition coefficient (Wildman–Crippen LogP) is 2.43. The van der Waals surface area contributed by atoms with Crippen molar-refractivity contribution < 1.29 is 19.0 Å². The number of carbonyl (C=O) groups excluding carboxylic acids is 1. The quantitative estimate of drug-likeness (QED) is 0.764. The van der Waals surface area contributed by atoms with Crippen molar-refractivity contribution in [3.05, 3.63) is 36.4 Å². The predicted molar refractivity (Wildman–Crippen MR) is 72.0 cm³/mol. The zero-order valence-electron chi connectivity index (χ0n) is 10.8. The molecular weight excluding hydrogens is 244 g/mol. The summed E-state index contributed by atoms with van der Waals surface area (Å²) in [5.41, 5.74) is 0.954. The molecule has 0 atom stereocenters. The van der Waals surface area contributed by atoms with Crippen LogP contribution in [0.15, 0.2) is 30.8 Å². The van der Waals surface area contributed by atoms with Crippen LogP contribution in [-0.4, -0.2) is 31.9 Å². The molecule has 1 saturated heterocycles. The molecule has 19 heavy (non-hydrogen) atoms. The number of rotatable bonds is 5. The van der Waals surface area contributed by atoms with Crippen molar-refractivity contribution in [2.75, 3.05) is 19.8 Å². The maximum Gasteiger partial charge on any atom is 0.344 e. The summed E-state index contributed by atoms with van der Waals surface area (Å²) < 4.78 is 15.9. The molecule has 1 fully saturated rings. The summed E-state index contributed by atoms with van der Waals surface area (Å²) in [5.74, 6) is 0.303. The van der Waals surface area contributed by atoms with Gasteiger partial charge < -0.3 is 14.2 Å². The van der Waals surface area contributed by atoms with E-state index in [2.05, 4.69) is 6.58 Å². The molecule has 4 nitrogen and oxygen atoms in total. The minimum atomic E-state index is -0.337. The Morgan fingerprint density at radius 1 is 1.42 bits per heavy atom. The second-order valence-electron chi connectivity index (χ2n) is 4.37. The molecule has 0 unspecified atom stereocenters. The fourth-order valence-corrected chi connectivity index (χ4v) is 1.89. The SMILES string of the molecule is C=Cc1cccc(OCC(=O)OC2CCOCC2)c1. The third-order valence-corrected chi connectivity index (χ3v) is 2.92. The second kappa shape index (κ2) is 6.95. The summed E-state index contributed by atoms with van der Waals surface area (Å²) in [5, 5.41) is 0. The van der Waals surface area contributed by atoms with Gasteiger partial charge in [0.25, 0.3) is 0 Å². The summed E-state index contributed by atoms with van der Waals surface area (Å²) >= 11 is 0. The van der Waals surface area contributed by atoms with Crippen LogP contribution in [0.4, 0.5) is 0 Å². The van der Waals surface area contributed by atoms with Gasteiger partial charge in [0.05, 0.1) is 13.2 Å². The fraction of sp³-hybridized carbons (Fsp3) is 0.400. The normalized spacial score (nSPS) is 15.8. The van der Waals surface area contributed by atoms with Crippen LogP contribution in [0.25, 0.3) is 6.08 Å². The Hall–Kier alpha value is -1.81. The van der Waals surface area contributed by atoms with Crippen LogP contribution in [0.3, 0.4) is 0 Å². The van der Waals surface area contributed by atoms with Gasteiger partial charge in [0.1, 0.15) is 11.9 Å². The molecule has 1 aliphatic rings. The van der Waals surface area contributed by atoms with E-state index < -0.39 is 0 Å². The molecular formula is C15H18O4. The van der Waals surface area contributed by atoms with Crippen LogP contribution in [0.1, 0.15) is 18.4 Å². The highest BCUT2D eigenvalue weighted by atomic mass is 16.6. The Kier molecular flexibility index (Phi) is 4.98. The molecule has 0 aliphatic carbocycles. The number of esters is 1. The molecule has 0 saturated carbocycles. The Labute approximate surface area is 113 Å². The first kappa shape index (κ1) is 13.6. The molecule has 1 aromatic rings. The highest BCUT2D eigenvalue weighted by Gasteiger charge is 2.18. The maximum atomic E-state index is 11.6. The molecule has 0 bridgehead atoms. The number of hydrogen-bond acceptors (Lipinski definition) is 4. The highest BCUT2D eigenvalue weighted by molar-refractivity contribution is 5.71. The van der Waals surface area contributed by atoms with Crippen LogP contribution < -0.4 is 4.74 Å². The molecule has 0 radical (unpaired) electrons. The Morgan fingerprint density at radius 2 is 2.21 bits per heavy atom. The average molecular weight is 262 g/mol. The van der Waals surface area contributed by atoms with Gasteiger partial charge in [-0.25, -0.2) is 4.79 Å². The van der Waals surface area contributed by atoms with Crippen molar-refractivity contribution in [1.29, 1.82) is 0 Å². The lowest BCUT2D eigenvalue weighted by Gasteiger charge is -2.22. The minimum absolute atomic E-state index is 0.0376. The largest absolute Gasteiger partial charge is 0.482 e. The molecule has 0 N–H and O–H groups in total. The molecule has 102 valence electrons. The fourth-order valence-electron chi connectivity index (χ4n) is 1.89. The first-order valence-electron chi connectivity index (χ1n) is 6.40. The Balaban J connectivity index is 1.77. The van der Waals surface area contributed by atoms with Crippen molar-refractivity contribution in [2.45, 2.75) is 18.9 Å². The number of benzene rings is 1. The smallest absolute Gasteiger partial charge is 0.344 e. The first-order valence-corrected chi connectivity index (χ1v) is 6.40. The van der Waals surface area contributed by atoms with Crippen LogP contribution in [0.5, 0.6) is 5.75 Å². The van der Waals surface area contributed by atoms with E-state index in [1.54, 1.807) is 12.1 Å². The number of ether oxygens (including phenoxy) is 3. The molecule has 2 rings (SSSR count).